The van der Waals surface area contributed by atoms with Crippen LogP contribution in [0.25, 0.3) is 0 Å². The van der Waals surface area contributed by atoms with E-state index in [1.165, 1.54) is 89.9 Å². The maximum Gasteiger partial charge on any atom is 0.472 e. The summed E-state index contributed by atoms with van der Waals surface area (Å²) in [5.74, 6) is -2.26. The third-order valence-electron chi connectivity index (χ3n) is 16.0. The van der Waals surface area contributed by atoms with Gasteiger partial charge in [-0.25, -0.2) is 9.13 Å². The molecule has 3 N–H and O–H groups in total. The molecule has 0 bridgehead atoms. The maximum atomic E-state index is 13.1. The summed E-state index contributed by atoms with van der Waals surface area (Å²) < 4.78 is 68.4. The Labute approximate surface area is 595 Å². The molecule has 566 valence electrons. The van der Waals surface area contributed by atoms with Crippen molar-refractivity contribution in [2.75, 3.05) is 39.6 Å². The molecule has 2 unspecified atom stereocenters. The van der Waals surface area contributed by atoms with Gasteiger partial charge in [-0.1, -0.05) is 247 Å². The molecule has 0 aliphatic rings. The van der Waals surface area contributed by atoms with Crippen molar-refractivity contribution in [3.63, 3.8) is 0 Å². The van der Waals surface area contributed by atoms with Crippen molar-refractivity contribution in [2.24, 2.45) is 0 Å². The normalized spacial score (nSPS) is 14.5. The van der Waals surface area contributed by atoms with Crippen LogP contribution < -0.4 is 0 Å². The quantitative estimate of drug-likeness (QED) is 0.0169. The molecule has 0 amide bonds. The van der Waals surface area contributed by atoms with Crippen LogP contribution in [-0.4, -0.2) is 96.7 Å². The lowest BCUT2D eigenvalue weighted by Gasteiger charge is -2.21. The summed E-state index contributed by atoms with van der Waals surface area (Å²) in [4.78, 5) is 72.8. The molecular formula is C79H138O17P2. The van der Waals surface area contributed by atoms with Gasteiger partial charge in [-0.2, -0.15) is 0 Å². The summed E-state index contributed by atoms with van der Waals surface area (Å²) in [5.41, 5.74) is 0. The Hall–Kier alpha value is -4.02. The second-order valence-corrected chi connectivity index (χ2v) is 28.5. The highest BCUT2D eigenvalue weighted by molar-refractivity contribution is 7.47. The van der Waals surface area contributed by atoms with Crippen LogP contribution in [0.2, 0.25) is 0 Å². The molecule has 17 nitrogen and oxygen atoms in total. The van der Waals surface area contributed by atoms with Crippen LogP contribution in [0.1, 0.15) is 323 Å². The second-order valence-electron chi connectivity index (χ2n) is 25.6. The smallest absolute Gasteiger partial charge is 0.462 e. The van der Waals surface area contributed by atoms with E-state index in [4.69, 9.17) is 37.0 Å². The molecule has 0 spiro atoms. The van der Waals surface area contributed by atoms with Crippen LogP contribution in [-0.2, 0) is 65.4 Å². The third kappa shape index (κ3) is 70.4. The van der Waals surface area contributed by atoms with Gasteiger partial charge in [-0.3, -0.25) is 37.3 Å². The van der Waals surface area contributed by atoms with Crippen LogP contribution >= 0.6 is 15.6 Å². The Kier molecular flexibility index (Phi) is 68.4. The fraction of sp³-hybridized carbons (Fsp3) is 0.747. The van der Waals surface area contributed by atoms with Gasteiger partial charge in [-0.05, 0) is 148 Å². The topological polar surface area (TPSA) is 237 Å². The fourth-order valence-electron chi connectivity index (χ4n) is 10.1. The lowest BCUT2D eigenvalue weighted by atomic mass is 10.1. The number of rotatable bonds is 72. The summed E-state index contributed by atoms with van der Waals surface area (Å²) in [6, 6.07) is 0. The molecule has 0 radical (unpaired) electrons. The zero-order valence-corrected chi connectivity index (χ0v) is 63.5. The average Bonchev–Trinajstić information content (AvgIpc) is 1.05. The summed E-state index contributed by atoms with van der Waals surface area (Å²) in [5, 5.41) is 10.6. The van der Waals surface area contributed by atoms with Crippen molar-refractivity contribution in [2.45, 2.75) is 341 Å². The molecule has 0 aromatic carbocycles. The zero-order valence-electron chi connectivity index (χ0n) is 61.7. The van der Waals surface area contributed by atoms with Crippen LogP contribution in [0.4, 0.5) is 0 Å². The van der Waals surface area contributed by atoms with E-state index in [-0.39, 0.29) is 25.7 Å². The van der Waals surface area contributed by atoms with Crippen molar-refractivity contribution in [3.8, 4) is 0 Å². The van der Waals surface area contributed by atoms with Crippen molar-refractivity contribution in [3.05, 3.63) is 97.2 Å². The van der Waals surface area contributed by atoms with E-state index in [9.17, 15) is 43.2 Å². The van der Waals surface area contributed by atoms with Crippen LogP contribution in [0, 0.1) is 0 Å². The summed E-state index contributed by atoms with van der Waals surface area (Å²) in [7, 11) is -9.97. The predicted molar refractivity (Wildman–Crippen MR) is 399 cm³/mol. The molecule has 0 aliphatic carbocycles. The molecule has 0 fully saturated rings. The Morgan fingerprint density at radius 1 is 0.286 bits per heavy atom. The van der Waals surface area contributed by atoms with Crippen molar-refractivity contribution < 1.29 is 80.2 Å². The number of hydrogen-bond acceptors (Lipinski definition) is 15. The SMILES string of the molecule is CCCCC/C=C\C/C=C\C/C=C\C/C=C\CCCC(=O)O[C@H](COC(=O)CCCCCCC/C=C\CCCCCC)COP(=O)(O)OC[C@H](O)COP(=O)(O)OC[C@@H](COC(=O)CCCCCCC/C=C\CCCCCC)OC(=O)CCCCCCC/C=C\C/C=C\CCCCC. The van der Waals surface area contributed by atoms with Gasteiger partial charge >= 0.3 is 39.5 Å². The third-order valence-corrected chi connectivity index (χ3v) is 17.9. The van der Waals surface area contributed by atoms with Gasteiger partial charge < -0.3 is 33.8 Å². The summed E-state index contributed by atoms with van der Waals surface area (Å²) in [6.07, 6.45) is 74.0. The summed E-state index contributed by atoms with van der Waals surface area (Å²) >= 11 is 0. The minimum atomic E-state index is -4.99. The summed E-state index contributed by atoms with van der Waals surface area (Å²) in [6.45, 7) is 4.71. The molecule has 98 heavy (non-hydrogen) atoms. The number of allylic oxidation sites excluding steroid dienone is 16. The highest BCUT2D eigenvalue weighted by Crippen LogP contribution is 2.45. The molecular weight excluding hydrogens is 1280 g/mol. The Balaban J connectivity index is 5.42. The zero-order chi connectivity index (χ0) is 71.8. The number of phosphoric acid groups is 2. The van der Waals surface area contributed by atoms with Crippen molar-refractivity contribution >= 4 is 39.5 Å². The largest absolute Gasteiger partial charge is 0.472 e. The molecule has 0 heterocycles. The monoisotopic (exact) mass is 1420 g/mol. The van der Waals surface area contributed by atoms with E-state index < -0.39 is 97.5 Å². The Morgan fingerprint density at radius 3 is 0.837 bits per heavy atom. The number of carbonyl (C=O) groups is 4. The Morgan fingerprint density at radius 2 is 0.510 bits per heavy atom. The number of aliphatic hydroxyl groups excluding tert-OH is 1. The molecule has 0 rings (SSSR count). The minimum absolute atomic E-state index is 0.0175. The molecule has 19 heteroatoms. The van der Waals surface area contributed by atoms with Gasteiger partial charge in [0, 0.05) is 25.7 Å². The number of esters is 4. The van der Waals surface area contributed by atoms with Crippen LogP contribution in [0.15, 0.2) is 97.2 Å². The first-order valence-electron chi connectivity index (χ1n) is 38.5. The molecule has 0 aliphatic heterocycles. The van der Waals surface area contributed by atoms with Gasteiger partial charge in [0.15, 0.2) is 12.2 Å². The highest BCUT2D eigenvalue weighted by atomic mass is 31.2. The number of carbonyl (C=O) groups excluding carboxylic acids is 4. The van der Waals surface area contributed by atoms with E-state index in [1.54, 1.807) is 0 Å². The van der Waals surface area contributed by atoms with E-state index in [1.807, 2.05) is 12.2 Å². The van der Waals surface area contributed by atoms with E-state index in [0.29, 0.717) is 32.1 Å². The highest BCUT2D eigenvalue weighted by Gasteiger charge is 2.30. The van der Waals surface area contributed by atoms with E-state index in [0.717, 1.165) is 148 Å². The lowest BCUT2D eigenvalue weighted by Crippen LogP contribution is -2.30. The minimum Gasteiger partial charge on any atom is -0.462 e. The van der Waals surface area contributed by atoms with Gasteiger partial charge in [0.1, 0.15) is 19.3 Å². The van der Waals surface area contributed by atoms with E-state index in [2.05, 4.69) is 113 Å². The number of ether oxygens (including phenoxy) is 4. The van der Waals surface area contributed by atoms with Crippen LogP contribution in [0.5, 0.6) is 0 Å². The molecule has 0 saturated carbocycles. The average molecular weight is 1420 g/mol. The van der Waals surface area contributed by atoms with Crippen LogP contribution in [0.3, 0.4) is 0 Å². The number of hydrogen-bond donors (Lipinski definition) is 3. The fourth-order valence-corrected chi connectivity index (χ4v) is 11.6. The predicted octanol–water partition coefficient (Wildman–Crippen LogP) is 22.0. The molecule has 0 saturated heterocycles. The van der Waals surface area contributed by atoms with Gasteiger partial charge in [0.25, 0.3) is 0 Å². The number of phosphoric ester groups is 2. The Bertz CT molecular complexity index is 2240. The molecule has 0 aromatic heterocycles. The second kappa shape index (κ2) is 71.4. The van der Waals surface area contributed by atoms with Gasteiger partial charge in [0.05, 0.1) is 26.4 Å². The standard InChI is InChI=1S/C79H138O17P2/c1-5-9-13-17-21-25-29-33-35-36-38-42-46-50-54-58-62-66-79(84)96-75(70-90-77(82)64-60-56-52-48-44-40-32-28-24-20-16-12-8-4)72-94-98(87,88)92-68-73(80)67-91-97(85,86)93-71-74(69-89-76(81)63-59-55-51-47-43-39-31-27-23-19-15-11-7-3)95-78(83)65-61-57-53-49-45-41-37-34-30-26-22-18-14-10-6-2/h21-22,25-28,31-35,37-38,42,50,54,73-75,80H,5-20,23-24,29-30,36,39-41,43-49,51-53,55-72H2,1-4H3,(H,85,86)(H,87,88)/b25-21-,26-22-,31-27-,32-28-,35-33-,37-34-,42-38-,54-50-/t73-,74-,75-/m1/s1. The first-order valence-corrected chi connectivity index (χ1v) is 41.5. The van der Waals surface area contributed by atoms with Gasteiger partial charge in [-0.15, -0.1) is 0 Å². The lowest BCUT2D eigenvalue weighted by molar-refractivity contribution is -0.161. The first kappa shape index (κ1) is 94.0. The first-order chi connectivity index (χ1) is 47.7. The van der Waals surface area contributed by atoms with Crippen molar-refractivity contribution in [1.82, 2.24) is 0 Å². The molecule has 5 atom stereocenters. The number of aliphatic hydroxyl groups is 1. The number of unbranched alkanes of at least 4 members (excludes halogenated alkanes) is 30. The van der Waals surface area contributed by atoms with Gasteiger partial charge in [0.2, 0.25) is 0 Å². The maximum absolute atomic E-state index is 13.1. The molecule has 0 aromatic rings. The van der Waals surface area contributed by atoms with E-state index >= 15 is 0 Å². The van der Waals surface area contributed by atoms with Crippen molar-refractivity contribution in [1.29, 1.82) is 0 Å².